The van der Waals surface area contributed by atoms with E-state index in [9.17, 15) is 9.59 Å². The Labute approximate surface area is 157 Å². The van der Waals surface area contributed by atoms with E-state index in [2.05, 4.69) is 0 Å². The molecule has 0 saturated carbocycles. The quantitative estimate of drug-likeness (QED) is 0.614. The lowest BCUT2D eigenvalue weighted by molar-refractivity contribution is -0.118. The number of benzene rings is 2. The zero-order valence-electron chi connectivity index (χ0n) is 16.3. The zero-order chi connectivity index (χ0) is 19.1. The van der Waals surface area contributed by atoms with E-state index in [1.807, 2.05) is 76.2 Å². The maximum absolute atomic E-state index is 12.8. The molecule has 0 unspecified atom stereocenters. The Kier molecular flexibility index (Phi) is 7.08. The summed E-state index contributed by atoms with van der Waals surface area (Å²) in [5, 5.41) is 0. The van der Waals surface area contributed by atoms with Crippen LogP contribution >= 0.6 is 0 Å². The maximum Gasteiger partial charge on any atom is 0.168 e. The van der Waals surface area contributed by atoms with Crippen LogP contribution in [0.3, 0.4) is 0 Å². The molecular weight excluding hydrogens is 320 g/mol. The van der Waals surface area contributed by atoms with Crippen molar-refractivity contribution in [1.82, 2.24) is 0 Å². The molecule has 0 aromatic heterocycles. The molecule has 0 radical (unpaired) electrons. The second-order valence-electron chi connectivity index (χ2n) is 5.98. The van der Waals surface area contributed by atoms with Crippen LogP contribution in [0.25, 0.3) is 11.1 Å². The molecule has 2 aliphatic carbocycles. The summed E-state index contributed by atoms with van der Waals surface area (Å²) in [5.41, 5.74) is 5.92. The highest BCUT2D eigenvalue weighted by Crippen LogP contribution is 2.39. The summed E-state index contributed by atoms with van der Waals surface area (Å²) < 4.78 is 0. The summed E-state index contributed by atoms with van der Waals surface area (Å²) >= 11 is 0. The van der Waals surface area contributed by atoms with Gasteiger partial charge < -0.3 is 0 Å². The van der Waals surface area contributed by atoms with Gasteiger partial charge in [0, 0.05) is 24.8 Å². The molecule has 0 atom stereocenters. The van der Waals surface area contributed by atoms with Crippen molar-refractivity contribution in [3.05, 3.63) is 70.8 Å². The molecule has 0 aliphatic heterocycles. The van der Waals surface area contributed by atoms with Crippen molar-refractivity contribution in [2.24, 2.45) is 0 Å². The van der Waals surface area contributed by atoms with Crippen molar-refractivity contribution < 1.29 is 9.59 Å². The Hall–Kier alpha value is -2.48. The van der Waals surface area contributed by atoms with Gasteiger partial charge in [-0.15, -0.1) is 0 Å². The van der Waals surface area contributed by atoms with E-state index >= 15 is 0 Å². The van der Waals surface area contributed by atoms with Gasteiger partial charge in [-0.25, -0.2) is 0 Å². The Balaban J connectivity index is 0.000000570. The minimum absolute atomic E-state index is 0.135. The van der Waals surface area contributed by atoms with Crippen molar-refractivity contribution in [3.63, 3.8) is 0 Å². The molecule has 4 rings (SSSR count). The van der Waals surface area contributed by atoms with Gasteiger partial charge in [0.1, 0.15) is 5.78 Å². The fraction of sp³-hybridized carbons (Fsp3) is 0.333. The van der Waals surface area contributed by atoms with E-state index in [0.717, 1.165) is 39.8 Å². The van der Waals surface area contributed by atoms with Gasteiger partial charge in [0.15, 0.2) is 5.78 Å². The minimum atomic E-state index is 0.135. The molecule has 0 saturated heterocycles. The van der Waals surface area contributed by atoms with E-state index in [-0.39, 0.29) is 11.6 Å². The fourth-order valence-corrected chi connectivity index (χ4v) is 3.57. The predicted molar refractivity (Wildman–Crippen MR) is 109 cm³/mol. The van der Waals surface area contributed by atoms with Gasteiger partial charge in [-0.05, 0) is 34.2 Å². The smallest absolute Gasteiger partial charge is 0.168 e. The molecule has 2 nitrogen and oxygen atoms in total. The summed E-state index contributed by atoms with van der Waals surface area (Å²) in [4.78, 5) is 25.0. The Morgan fingerprint density at radius 1 is 0.654 bits per heavy atom. The molecule has 136 valence electrons. The molecule has 2 aromatic carbocycles. The number of fused-ring (bicyclic) bond motifs is 4. The van der Waals surface area contributed by atoms with Crippen LogP contribution in [0.1, 0.15) is 62.8 Å². The van der Waals surface area contributed by atoms with E-state index < -0.39 is 0 Å². The van der Waals surface area contributed by atoms with Crippen molar-refractivity contribution in [2.75, 3.05) is 0 Å². The van der Waals surface area contributed by atoms with Gasteiger partial charge in [-0.1, -0.05) is 76.2 Å². The first-order chi connectivity index (χ1) is 12.7. The van der Waals surface area contributed by atoms with Gasteiger partial charge in [0.2, 0.25) is 0 Å². The Morgan fingerprint density at radius 2 is 1.23 bits per heavy atom. The number of hydrogen-bond acceptors (Lipinski definition) is 2. The van der Waals surface area contributed by atoms with E-state index in [0.29, 0.717) is 19.3 Å². The molecule has 26 heavy (non-hydrogen) atoms. The third-order valence-electron chi connectivity index (χ3n) is 4.61. The van der Waals surface area contributed by atoms with Gasteiger partial charge in [0.05, 0.1) is 0 Å². The summed E-state index contributed by atoms with van der Waals surface area (Å²) in [6.45, 7) is 8.00. The third-order valence-corrected chi connectivity index (χ3v) is 4.61. The second-order valence-corrected chi connectivity index (χ2v) is 5.98. The molecule has 0 amide bonds. The van der Waals surface area contributed by atoms with Gasteiger partial charge in [0.25, 0.3) is 0 Å². The average molecular weight is 348 g/mol. The van der Waals surface area contributed by atoms with Crippen molar-refractivity contribution in [3.8, 4) is 0 Å². The first kappa shape index (κ1) is 19.8. The summed E-state index contributed by atoms with van der Waals surface area (Å²) in [6, 6.07) is 16.0. The molecule has 2 heteroatoms. The van der Waals surface area contributed by atoms with E-state index in [1.165, 1.54) is 0 Å². The molecule has 0 fully saturated rings. The van der Waals surface area contributed by atoms with Crippen molar-refractivity contribution in [2.45, 2.75) is 53.4 Å². The number of hydrogen-bond donors (Lipinski definition) is 0. The number of Topliss-reactive ketones (excluding diaryl/α,β-unsaturated/α-hetero) is 2. The zero-order valence-corrected chi connectivity index (χ0v) is 16.3. The van der Waals surface area contributed by atoms with E-state index in [4.69, 9.17) is 0 Å². The Morgan fingerprint density at radius 3 is 1.92 bits per heavy atom. The largest absolute Gasteiger partial charge is 0.299 e. The number of aryl methyl sites for hydroxylation is 1. The van der Waals surface area contributed by atoms with Crippen LogP contribution in [0.5, 0.6) is 0 Å². The molecule has 2 aliphatic rings. The first-order valence-corrected chi connectivity index (χ1v) is 9.68. The van der Waals surface area contributed by atoms with Gasteiger partial charge in [-0.3, -0.25) is 9.59 Å². The summed E-state index contributed by atoms with van der Waals surface area (Å²) in [7, 11) is 0. The maximum atomic E-state index is 12.8. The minimum Gasteiger partial charge on any atom is -0.299 e. The normalized spacial score (nSPS) is 15.1. The molecule has 0 heterocycles. The number of allylic oxidation sites excluding steroid dienone is 2. The number of carbonyl (C=O) groups excluding carboxylic acids is 2. The molecule has 2 aromatic rings. The number of rotatable bonds is 0. The first-order valence-electron chi connectivity index (χ1n) is 9.68. The lowest BCUT2D eigenvalue weighted by Crippen LogP contribution is -2.19. The fourth-order valence-electron chi connectivity index (χ4n) is 3.57. The topological polar surface area (TPSA) is 34.1 Å². The molecule has 0 spiro atoms. The highest BCUT2D eigenvalue weighted by molar-refractivity contribution is 6.31. The standard InChI is InChI=1S/C20H16O2.2C2H6/c21-15-10-9-13-5-1-4-8-17(13)20-18(12-15)16-7-3-2-6-14(16)11-19(20)22;2*1-2/h1-8H,9-12H2;2*1-2H3. The number of carbonyl (C=O) groups is 2. The monoisotopic (exact) mass is 348 g/mol. The van der Waals surface area contributed by atoms with Gasteiger partial charge >= 0.3 is 0 Å². The highest BCUT2D eigenvalue weighted by Gasteiger charge is 2.29. The molecule has 0 bridgehead atoms. The van der Waals surface area contributed by atoms with Crippen LogP contribution in [0.2, 0.25) is 0 Å². The summed E-state index contributed by atoms with van der Waals surface area (Å²) in [5.74, 6) is 0.349. The van der Waals surface area contributed by atoms with Crippen LogP contribution < -0.4 is 0 Å². The highest BCUT2D eigenvalue weighted by atomic mass is 16.1. The third kappa shape index (κ3) is 3.85. The van der Waals surface area contributed by atoms with Crippen LogP contribution in [0.4, 0.5) is 0 Å². The van der Waals surface area contributed by atoms with E-state index in [1.54, 1.807) is 0 Å². The number of ketones is 2. The van der Waals surface area contributed by atoms with Crippen LogP contribution in [0, 0.1) is 0 Å². The van der Waals surface area contributed by atoms with Crippen LogP contribution in [0.15, 0.2) is 48.5 Å². The van der Waals surface area contributed by atoms with Crippen molar-refractivity contribution >= 4 is 22.7 Å². The SMILES string of the molecule is CC.CC.O=C1CCc2ccccc2C2=C(C1)c1ccccc1CC2=O. The molecule has 0 N–H and O–H groups in total. The Bertz CT molecular complexity index is 828. The molecular formula is C24H28O2. The lowest BCUT2D eigenvalue weighted by atomic mass is 9.77. The average Bonchev–Trinajstić information content (AvgIpc) is 2.68. The second kappa shape index (κ2) is 9.28. The van der Waals surface area contributed by atoms with Crippen LogP contribution in [-0.2, 0) is 22.4 Å². The predicted octanol–water partition coefficient (Wildman–Crippen LogP) is 5.68. The van der Waals surface area contributed by atoms with Crippen LogP contribution in [-0.4, -0.2) is 11.6 Å². The summed E-state index contributed by atoms with van der Waals surface area (Å²) in [6.07, 6.45) is 2.06. The lowest BCUT2D eigenvalue weighted by Gasteiger charge is -2.25. The van der Waals surface area contributed by atoms with Crippen molar-refractivity contribution in [1.29, 1.82) is 0 Å². The van der Waals surface area contributed by atoms with Gasteiger partial charge in [-0.2, -0.15) is 0 Å².